The van der Waals surface area contributed by atoms with Gasteiger partial charge in [-0.2, -0.15) is 0 Å². The van der Waals surface area contributed by atoms with Gasteiger partial charge in [0.15, 0.2) is 17.9 Å². The molecule has 0 aliphatic heterocycles. The maximum Gasteiger partial charge on any atom is 0.310 e. The molecule has 4 aromatic rings. The van der Waals surface area contributed by atoms with Crippen LogP contribution in [-0.4, -0.2) is 22.4 Å². The maximum atomic E-state index is 12.3. The van der Waals surface area contributed by atoms with Gasteiger partial charge in [-0.3, -0.25) is 14.9 Å². The molecule has 0 radical (unpaired) electrons. The monoisotopic (exact) mass is 445 g/mol. The number of ether oxygens (including phenoxy) is 1. The van der Waals surface area contributed by atoms with Gasteiger partial charge >= 0.3 is 5.69 Å². The van der Waals surface area contributed by atoms with Gasteiger partial charge in [-0.25, -0.2) is 4.98 Å². The Hall–Kier alpha value is -4.20. The molecule has 0 saturated heterocycles. The summed E-state index contributed by atoms with van der Waals surface area (Å²) in [6.45, 7) is 3.96. The minimum absolute atomic E-state index is 0.0367. The van der Waals surface area contributed by atoms with Crippen molar-refractivity contribution in [2.45, 2.75) is 26.2 Å². The fourth-order valence-corrected chi connectivity index (χ4v) is 3.41. The Bertz CT molecular complexity index is 1310. The summed E-state index contributed by atoms with van der Waals surface area (Å²) in [4.78, 5) is 27.5. The lowest BCUT2D eigenvalue weighted by atomic mass is 9.98. The van der Waals surface area contributed by atoms with Gasteiger partial charge in [-0.05, 0) is 54.3 Å². The zero-order chi connectivity index (χ0) is 23.4. The first kappa shape index (κ1) is 22.0. The number of nitrogens with zero attached hydrogens (tertiary/aromatic N) is 2. The van der Waals surface area contributed by atoms with Gasteiger partial charge in [0.25, 0.3) is 5.91 Å². The SMILES string of the molecule is CC[C@@H](C)c1ccc2oc(-c3cccc(NC(=O)COc4ccccc4[N+](=O)[O-])c3)nc2c1. The Labute approximate surface area is 190 Å². The number of hydrogen-bond donors (Lipinski definition) is 1. The van der Waals surface area contributed by atoms with Gasteiger partial charge in [0.05, 0.1) is 4.92 Å². The predicted molar refractivity (Wildman–Crippen MR) is 125 cm³/mol. The molecule has 1 atom stereocenters. The number of benzene rings is 3. The molecule has 0 saturated carbocycles. The Balaban J connectivity index is 1.47. The van der Waals surface area contributed by atoms with E-state index in [-0.39, 0.29) is 18.0 Å². The highest BCUT2D eigenvalue weighted by Gasteiger charge is 2.16. The molecule has 0 aliphatic rings. The molecular weight excluding hydrogens is 422 g/mol. The number of carbonyl (C=O) groups is 1. The second-order valence-corrected chi connectivity index (χ2v) is 7.70. The van der Waals surface area contributed by atoms with E-state index >= 15 is 0 Å². The van der Waals surface area contributed by atoms with Crippen LogP contribution in [0.3, 0.4) is 0 Å². The third-order valence-electron chi connectivity index (χ3n) is 5.41. The van der Waals surface area contributed by atoms with Crippen molar-refractivity contribution >= 4 is 28.4 Å². The average Bonchev–Trinajstić information content (AvgIpc) is 3.26. The predicted octanol–water partition coefficient (Wildman–Crippen LogP) is 5.93. The molecule has 1 N–H and O–H groups in total. The molecule has 1 amide bonds. The highest BCUT2D eigenvalue weighted by atomic mass is 16.6. The van der Waals surface area contributed by atoms with Gasteiger partial charge in [0, 0.05) is 17.3 Å². The topological polar surface area (TPSA) is 108 Å². The Morgan fingerprint density at radius 2 is 1.97 bits per heavy atom. The molecule has 4 rings (SSSR count). The fraction of sp³-hybridized carbons (Fsp3) is 0.200. The van der Waals surface area contributed by atoms with E-state index < -0.39 is 10.8 Å². The molecule has 8 nitrogen and oxygen atoms in total. The number of para-hydroxylation sites is 2. The summed E-state index contributed by atoms with van der Waals surface area (Å²) in [5.74, 6) is 0.488. The van der Waals surface area contributed by atoms with Crippen LogP contribution in [0.15, 0.2) is 71.1 Å². The normalized spacial score (nSPS) is 11.8. The molecular formula is C25H23N3O5. The Morgan fingerprint density at radius 3 is 2.76 bits per heavy atom. The first-order chi connectivity index (χ1) is 15.9. The number of hydrogen-bond acceptors (Lipinski definition) is 6. The molecule has 8 heteroatoms. The first-order valence-corrected chi connectivity index (χ1v) is 10.6. The minimum atomic E-state index is -0.553. The van der Waals surface area contributed by atoms with E-state index in [1.54, 1.807) is 24.3 Å². The van der Waals surface area contributed by atoms with Gasteiger partial charge in [-0.1, -0.05) is 38.1 Å². The van der Waals surface area contributed by atoms with Crippen LogP contribution >= 0.6 is 0 Å². The lowest BCUT2D eigenvalue weighted by Crippen LogP contribution is -2.20. The lowest BCUT2D eigenvalue weighted by molar-refractivity contribution is -0.385. The van der Waals surface area contributed by atoms with E-state index in [4.69, 9.17) is 9.15 Å². The van der Waals surface area contributed by atoms with E-state index in [2.05, 4.69) is 30.2 Å². The summed E-state index contributed by atoms with van der Waals surface area (Å²) in [7, 11) is 0. The number of anilines is 1. The first-order valence-electron chi connectivity index (χ1n) is 10.6. The van der Waals surface area contributed by atoms with Crippen molar-refractivity contribution in [1.29, 1.82) is 0 Å². The van der Waals surface area contributed by atoms with Crippen LogP contribution in [-0.2, 0) is 4.79 Å². The summed E-state index contributed by atoms with van der Waals surface area (Å²) < 4.78 is 11.3. The molecule has 33 heavy (non-hydrogen) atoms. The van der Waals surface area contributed by atoms with E-state index in [1.165, 1.54) is 23.8 Å². The zero-order valence-corrected chi connectivity index (χ0v) is 18.3. The van der Waals surface area contributed by atoms with Crippen LogP contribution < -0.4 is 10.1 Å². The van der Waals surface area contributed by atoms with Crippen molar-refractivity contribution in [3.8, 4) is 17.2 Å². The van der Waals surface area contributed by atoms with E-state index in [9.17, 15) is 14.9 Å². The molecule has 1 aromatic heterocycles. The average molecular weight is 445 g/mol. The smallest absolute Gasteiger partial charge is 0.310 e. The van der Waals surface area contributed by atoms with Gasteiger partial charge in [0.1, 0.15) is 5.52 Å². The van der Waals surface area contributed by atoms with Crippen molar-refractivity contribution in [2.24, 2.45) is 0 Å². The van der Waals surface area contributed by atoms with E-state index in [0.29, 0.717) is 28.6 Å². The van der Waals surface area contributed by atoms with Gasteiger partial charge < -0.3 is 14.5 Å². The van der Waals surface area contributed by atoms with Crippen molar-refractivity contribution in [3.63, 3.8) is 0 Å². The number of rotatable bonds is 8. The molecule has 0 aliphatic carbocycles. The second-order valence-electron chi connectivity index (χ2n) is 7.70. The number of amides is 1. The number of carbonyl (C=O) groups excluding carboxylic acids is 1. The summed E-state index contributed by atoms with van der Waals surface area (Å²) in [6, 6.07) is 19.1. The minimum Gasteiger partial charge on any atom is -0.477 e. The quantitative estimate of drug-likeness (QED) is 0.266. The van der Waals surface area contributed by atoms with Crippen LogP contribution in [0.2, 0.25) is 0 Å². The van der Waals surface area contributed by atoms with Crippen molar-refractivity contribution < 1.29 is 18.9 Å². The third kappa shape index (κ3) is 5.01. The number of aromatic nitrogens is 1. The van der Waals surface area contributed by atoms with Crippen LogP contribution in [0.5, 0.6) is 5.75 Å². The summed E-state index contributed by atoms with van der Waals surface area (Å²) in [5.41, 5.74) is 3.75. The number of nitro benzene ring substituents is 1. The zero-order valence-electron chi connectivity index (χ0n) is 18.3. The molecule has 168 valence electrons. The highest BCUT2D eigenvalue weighted by Crippen LogP contribution is 2.29. The van der Waals surface area contributed by atoms with E-state index in [1.807, 2.05) is 18.2 Å². The number of oxazole rings is 1. The number of fused-ring (bicyclic) bond motifs is 1. The lowest BCUT2D eigenvalue weighted by Gasteiger charge is -2.08. The molecule has 3 aromatic carbocycles. The molecule has 0 fully saturated rings. The van der Waals surface area contributed by atoms with Crippen LogP contribution in [0.25, 0.3) is 22.6 Å². The molecule has 0 spiro atoms. The van der Waals surface area contributed by atoms with Crippen molar-refractivity contribution in [1.82, 2.24) is 4.98 Å². The van der Waals surface area contributed by atoms with Gasteiger partial charge in [0.2, 0.25) is 5.89 Å². The van der Waals surface area contributed by atoms with E-state index in [0.717, 1.165) is 11.9 Å². The molecule has 0 bridgehead atoms. The maximum absolute atomic E-state index is 12.3. The largest absolute Gasteiger partial charge is 0.477 e. The fourth-order valence-electron chi connectivity index (χ4n) is 3.41. The van der Waals surface area contributed by atoms with Gasteiger partial charge in [-0.15, -0.1) is 0 Å². The second kappa shape index (κ2) is 9.52. The van der Waals surface area contributed by atoms with Crippen molar-refractivity contribution in [3.05, 3.63) is 82.4 Å². The Kier molecular flexibility index (Phi) is 6.35. The number of nitro groups is 1. The highest BCUT2D eigenvalue weighted by molar-refractivity contribution is 5.92. The van der Waals surface area contributed by atoms with Crippen molar-refractivity contribution in [2.75, 3.05) is 11.9 Å². The number of nitrogens with one attached hydrogen (secondary N) is 1. The summed E-state index contributed by atoms with van der Waals surface area (Å²) >= 11 is 0. The van der Waals surface area contributed by atoms with Crippen LogP contribution in [0.4, 0.5) is 11.4 Å². The standard InChI is InChI=1S/C25H23N3O5/c1-3-16(2)17-11-12-22-20(14-17)27-25(33-22)18-7-6-8-19(13-18)26-24(29)15-32-23-10-5-4-9-21(23)28(30)31/h4-14,16H,3,15H2,1-2H3,(H,26,29)/t16-/m1/s1. The van der Waals surface area contributed by atoms with Crippen LogP contribution in [0.1, 0.15) is 31.7 Å². The molecule has 1 heterocycles. The Morgan fingerprint density at radius 1 is 1.15 bits per heavy atom. The summed E-state index contributed by atoms with van der Waals surface area (Å²) in [5, 5.41) is 13.8. The summed E-state index contributed by atoms with van der Waals surface area (Å²) in [6.07, 6.45) is 1.04. The third-order valence-corrected chi connectivity index (χ3v) is 5.41. The van der Waals surface area contributed by atoms with Crippen LogP contribution in [0, 0.1) is 10.1 Å². The molecule has 0 unspecified atom stereocenters.